The molecule has 26 heavy (non-hydrogen) atoms. The van der Waals surface area contributed by atoms with E-state index in [4.69, 9.17) is 4.74 Å². The van der Waals surface area contributed by atoms with E-state index in [1.165, 1.54) is 12.8 Å². The zero-order valence-corrected chi connectivity index (χ0v) is 17.2. The van der Waals surface area contributed by atoms with Crippen LogP contribution in [0.25, 0.3) is 0 Å². The van der Waals surface area contributed by atoms with Gasteiger partial charge in [0.25, 0.3) is 0 Å². The Kier molecular flexibility index (Phi) is 8.91. The first-order valence-corrected chi connectivity index (χ1v) is 9.96. The average Bonchev–Trinajstić information content (AvgIpc) is 3.44. The van der Waals surface area contributed by atoms with Crippen LogP contribution in [0, 0.1) is 12.8 Å². The number of aliphatic imine (C=N–C) groups is 1. The first-order chi connectivity index (χ1) is 12.6. The lowest BCUT2D eigenvalue weighted by atomic mass is 10.2. The molecule has 0 spiro atoms. The molecule has 1 aromatic carbocycles. The molecule has 0 heterocycles. The number of amides is 1. The Labute approximate surface area is 164 Å². The Morgan fingerprint density at radius 1 is 1.31 bits per heavy atom. The molecule has 0 aliphatic heterocycles. The van der Waals surface area contributed by atoms with Crippen LogP contribution in [-0.2, 0) is 9.53 Å². The van der Waals surface area contributed by atoms with Crippen molar-refractivity contribution in [1.29, 1.82) is 0 Å². The maximum absolute atomic E-state index is 12.1. The SMILES string of the molecule is CN=C(NCCCOCC1CC1)NCCC(=O)Nc1cc(Br)ccc1C. The number of halogens is 1. The predicted molar refractivity (Wildman–Crippen MR) is 110 cm³/mol. The van der Waals surface area contributed by atoms with Crippen LogP contribution in [0.15, 0.2) is 27.7 Å². The molecule has 1 saturated carbocycles. The summed E-state index contributed by atoms with van der Waals surface area (Å²) in [4.78, 5) is 16.3. The highest BCUT2D eigenvalue weighted by Gasteiger charge is 2.20. The van der Waals surface area contributed by atoms with Gasteiger partial charge >= 0.3 is 0 Å². The quantitative estimate of drug-likeness (QED) is 0.306. The van der Waals surface area contributed by atoms with Gasteiger partial charge in [-0.2, -0.15) is 0 Å². The highest BCUT2D eigenvalue weighted by Crippen LogP contribution is 2.28. The Balaban J connectivity index is 1.57. The van der Waals surface area contributed by atoms with Crippen LogP contribution in [0.2, 0.25) is 0 Å². The Bertz CT molecular complexity index is 618. The molecule has 1 amide bonds. The van der Waals surface area contributed by atoms with Gasteiger partial charge in [-0.15, -0.1) is 0 Å². The lowest BCUT2D eigenvalue weighted by Crippen LogP contribution is -2.39. The van der Waals surface area contributed by atoms with E-state index in [0.717, 1.165) is 47.8 Å². The molecule has 1 aromatic rings. The molecule has 144 valence electrons. The molecule has 1 aliphatic carbocycles. The fourth-order valence-electron chi connectivity index (χ4n) is 2.37. The molecular formula is C19H29BrN4O2. The van der Waals surface area contributed by atoms with Crippen molar-refractivity contribution in [3.63, 3.8) is 0 Å². The molecular weight excluding hydrogens is 396 g/mol. The van der Waals surface area contributed by atoms with Crippen molar-refractivity contribution in [3.8, 4) is 0 Å². The smallest absolute Gasteiger partial charge is 0.226 e. The summed E-state index contributed by atoms with van der Waals surface area (Å²) < 4.78 is 6.55. The van der Waals surface area contributed by atoms with Crippen LogP contribution in [0.3, 0.4) is 0 Å². The molecule has 0 unspecified atom stereocenters. The summed E-state index contributed by atoms with van der Waals surface area (Å²) >= 11 is 3.42. The molecule has 0 atom stereocenters. The number of nitrogens with zero attached hydrogens (tertiary/aromatic N) is 1. The van der Waals surface area contributed by atoms with E-state index >= 15 is 0 Å². The number of nitrogens with one attached hydrogen (secondary N) is 3. The number of hydrogen-bond donors (Lipinski definition) is 3. The maximum atomic E-state index is 12.1. The predicted octanol–water partition coefficient (Wildman–Crippen LogP) is 3.07. The summed E-state index contributed by atoms with van der Waals surface area (Å²) in [6, 6.07) is 5.84. The summed E-state index contributed by atoms with van der Waals surface area (Å²) in [5.74, 6) is 1.49. The van der Waals surface area contributed by atoms with Crippen molar-refractivity contribution in [3.05, 3.63) is 28.2 Å². The molecule has 0 bridgehead atoms. The zero-order valence-electron chi connectivity index (χ0n) is 15.6. The van der Waals surface area contributed by atoms with Crippen molar-refractivity contribution < 1.29 is 9.53 Å². The van der Waals surface area contributed by atoms with Crippen molar-refractivity contribution in [2.75, 3.05) is 38.7 Å². The summed E-state index contributed by atoms with van der Waals surface area (Å²) in [6.07, 6.45) is 3.96. The van der Waals surface area contributed by atoms with Gasteiger partial charge in [-0.1, -0.05) is 22.0 Å². The third kappa shape index (κ3) is 8.19. The third-order valence-corrected chi connectivity index (χ3v) is 4.64. The summed E-state index contributed by atoms with van der Waals surface area (Å²) in [5.41, 5.74) is 1.87. The Morgan fingerprint density at radius 3 is 2.81 bits per heavy atom. The highest BCUT2D eigenvalue weighted by atomic mass is 79.9. The fraction of sp³-hybridized carbons (Fsp3) is 0.579. The van der Waals surface area contributed by atoms with Crippen molar-refractivity contribution >= 4 is 33.5 Å². The van der Waals surface area contributed by atoms with E-state index in [0.29, 0.717) is 18.9 Å². The van der Waals surface area contributed by atoms with Crippen LogP contribution in [-0.4, -0.2) is 45.2 Å². The number of ether oxygens (including phenoxy) is 1. The van der Waals surface area contributed by atoms with Crippen LogP contribution < -0.4 is 16.0 Å². The molecule has 6 nitrogen and oxygen atoms in total. The molecule has 7 heteroatoms. The van der Waals surface area contributed by atoms with Gasteiger partial charge in [-0.25, -0.2) is 0 Å². The molecule has 1 aliphatic rings. The normalized spacial score (nSPS) is 14.2. The van der Waals surface area contributed by atoms with Gasteiger partial charge < -0.3 is 20.7 Å². The van der Waals surface area contributed by atoms with Gasteiger partial charge in [0.1, 0.15) is 0 Å². The number of anilines is 1. The van der Waals surface area contributed by atoms with Gasteiger partial charge in [-0.3, -0.25) is 9.79 Å². The lowest BCUT2D eigenvalue weighted by molar-refractivity contribution is -0.116. The zero-order chi connectivity index (χ0) is 18.8. The standard InChI is InChI=1S/C19H29BrN4O2/c1-14-4-7-16(20)12-17(14)24-18(25)8-10-23-19(21-2)22-9-3-11-26-13-15-5-6-15/h4,7,12,15H,3,5-6,8-11,13H2,1-2H3,(H,24,25)(H2,21,22,23). The summed E-state index contributed by atoms with van der Waals surface area (Å²) in [6.45, 7) is 4.97. The van der Waals surface area contributed by atoms with E-state index in [1.54, 1.807) is 7.05 Å². The summed E-state index contributed by atoms with van der Waals surface area (Å²) in [5, 5.41) is 9.33. The molecule has 0 saturated heterocycles. The van der Waals surface area contributed by atoms with Crippen molar-refractivity contribution in [1.82, 2.24) is 10.6 Å². The molecule has 2 rings (SSSR count). The lowest BCUT2D eigenvalue weighted by Gasteiger charge is -2.12. The van der Waals surface area contributed by atoms with Crippen LogP contribution in [0.5, 0.6) is 0 Å². The van der Waals surface area contributed by atoms with Gasteiger partial charge in [-0.05, 0) is 49.8 Å². The number of carbonyl (C=O) groups is 1. The number of guanidine groups is 1. The fourth-order valence-corrected chi connectivity index (χ4v) is 2.73. The van der Waals surface area contributed by atoms with E-state index in [2.05, 4.69) is 36.9 Å². The number of aryl methyl sites for hydroxylation is 1. The molecule has 3 N–H and O–H groups in total. The highest BCUT2D eigenvalue weighted by molar-refractivity contribution is 9.10. The largest absolute Gasteiger partial charge is 0.381 e. The number of carbonyl (C=O) groups excluding carboxylic acids is 1. The minimum absolute atomic E-state index is 0.0253. The first-order valence-electron chi connectivity index (χ1n) is 9.16. The molecule has 1 fully saturated rings. The van der Waals surface area contributed by atoms with E-state index < -0.39 is 0 Å². The minimum atomic E-state index is -0.0253. The summed E-state index contributed by atoms with van der Waals surface area (Å²) in [7, 11) is 1.73. The first kappa shape index (κ1) is 20.7. The Morgan fingerprint density at radius 2 is 2.08 bits per heavy atom. The van der Waals surface area contributed by atoms with E-state index in [1.807, 2.05) is 25.1 Å². The molecule has 0 aromatic heterocycles. The van der Waals surface area contributed by atoms with Crippen LogP contribution >= 0.6 is 15.9 Å². The van der Waals surface area contributed by atoms with Gasteiger partial charge in [0.2, 0.25) is 5.91 Å². The minimum Gasteiger partial charge on any atom is -0.381 e. The van der Waals surface area contributed by atoms with Gasteiger partial charge in [0, 0.05) is 49.9 Å². The van der Waals surface area contributed by atoms with Crippen LogP contribution in [0.1, 0.15) is 31.2 Å². The van der Waals surface area contributed by atoms with Crippen molar-refractivity contribution in [2.45, 2.75) is 32.6 Å². The van der Waals surface area contributed by atoms with Gasteiger partial charge in [0.15, 0.2) is 5.96 Å². The van der Waals surface area contributed by atoms with Gasteiger partial charge in [0.05, 0.1) is 0 Å². The Hall–Kier alpha value is -1.60. The topological polar surface area (TPSA) is 74.8 Å². The monoisotopic (exact) mass is 424 g/mol. The van der Waals surface area contributed by atoms with Crippen LogP contribution in [0.4, 0.5) is 5.69 Å². The maximum Gasteiger partial charge on any atom is 0.226 e. The number of hydrogen-bond acceptors (Lipinski definition) is 3. The third-order valence-electron chi connectivity index (χ3n) is 4.15. The van der Waals surface area contributed by atoms with E-state index in [-0.39, 0.29) is 5.91 Å². The number of benzene rings is 1. The van der Waals surface area contributed by atoms with Crippen molar-refractivity contribution in [2.24, 2.45) is 10.9 Å². The second-order valence-electron chi connectivity index (χ2n) is 6.56. The van der Waals surface area contributed by atoms with E-state index in [9.17, 15) is 4.79 Å². The number of rotatable bonds is 10. The second kappa shape index (κ2) is 11.2. The molecule has 0 radical (unpaired) electrons. The second-order valence-corrected chi connectivity index (χ2v) is 7.47. The average molecular weight is 425 g/mol.